The Balaban J connectivity index is 0.000000490. The van der Waals surface area contributed by atoms with Crippen LogP contribution in [0.4, 0.5) is 4.39 Å². The first-order valence-corrected chi connectivity index (χ1v) is 2.85. The first-order valence-electron chi connectivity index (χ1n) is 2.85. The molecule has 1 aliphatic heterocycles. The predicted octanol–water partition coefficient (Wildman–Crippen LogP) is -3.31. The van der Waals surface area contributed by atoms with Crippen LogP contribution in [0.2, 0.25) is 0 Å². The van der Waals surface area contributed by atoms with Gasteiger partial charge in [0.2, 0.25) is 0 Å². The number of quaternary nitrogens is 1. The summed E-state index contributed by atoms with van der Waals surface area (Å²) in [5.74, 6) is 0. The molecule has 0 bridgehead atoms. The van der Waals surface area contributed by atoms with Crippen LogP contribution >= 0.6 is 0 Å². The standard InChI is InChI=1S/C5H10FN.ClH/c6-5-2-1-3-7-4-5;/h5,7H,1-4H2;1H. The van der Waals surface area contributed by atoms with Crippen molar-refractivity contribution in [3.8, 4) is 0 Å². The lowest BCUT2D eigenvalue weighted by molar-refractivity contribution is -0.667. The quantitative estimate of drug-likeness (QED) is 0.362. The van der Waals surface area contributed by atoms with Crippen LogP contribution in [0, 0.1) is 0 Å². The number of hydrogen-bond acceptors (Lipinski definition) is 0. The molecule has 1 nitrogen and oxygen atoms in total. The summed E-state index contributed by atoms with van der Waals surface area (Å²) in [6, 6.07) is 0. The second kappa shape index (κ2) is 4.10. The largest absolute Gasteiger partial charge is 1.00 e. The molecule has 0 aromatic heterocycles. The van der Waals surface area contributed by atoms with Crippen molar-refractivity contribution >= 4 is 0 Å². The fourth-order valence-electron chi connectivity index (χ4n) is 0.900. The smallest absolute Gasteiger partial charge is 0.149 e. The van der Waals surface area contributed by atoms with Gasteiger partial charge in [0.1, 0.15) is 12.7 Å². The first-order chi connectivity index (χ1) is 3.39. The average molecular weight is 140 g/mol. The van der Waals surface area contributed by atoms with Crippen molar-refractivity contribution < 1.29 is 22.1 Å². The monoisotopic (exact) mass is 139 g/mol. The van der Waals surface area contributed by atoms with Gasteiger partial charge in [-0.05, 0) is 12.8 Å². The summed E-state index contributed by atoms with van der Waals surface area (Å²) in [6.07, 6.45) is 1.33. The maximum absolute atomic E-state index is 12.2. The fraction of sp³-hybridized carbons (Fsp3) is 1.00. The highest BCUT2D eigenvalue weighted by Gasteiger charge is 2.12. The van der Waals surface area contributed by atoms with Crippen molar-refractivity contribution in [2.45, 2.75) is 19.0 Å². The van der Waals surface area contributed by atoms with E-state index in [0.717, 1.165) is 19.4 Å². The van der Waals surface area contributed by atoms with E-state index in [1.807, 2.05) is 5.32 Å². The Bertz CT molecular complexity index is 54.4. The topological polar surface area (TPSA) is 16.6 Å². The molecule has 0 aromatic carbocycles. The van der Waals surface area contributed by atoms with E-state index in [2.05, 4.69) is 0 Å². The van der Waals surface area contributed by atoms with Gasteiger partial charge in [0.05, 0.1) is 6.54 Å². The van der Waals surface area contributed by atoms with E-state index in [-0.39, 0.29) is 12.4 Å². The molecule has 2 N–H and O–H groups in total. The first kappa shape index (κ1) is 8.18. The summed E-state index contributed by atoms with van der Waals surface area (Å²) in [6.45, 7) is 1.82. The van der Waals surface area contributed by atoms with E-state index >= 15 is 0 Å². The van der Waals surface area contributed by atoms with Crippen molar-refractivity contribution in [1.82, 2.24) is 0 Å². The van der Waals surface area contributed by atoms with Gasteiger partial charge in [0.15, 0.2) is 0 Å². The fourth-order valence-corrected chi connectivity index (χ4v) is 0.900. The van der Waals surface area contributed by atoms with E-state index in [1.54, 1.807) is 0 Å². The Morgan fingerprint density at radius 1 is 1.50 bits per heavy atom. The van der Waals surface area contributed by atoms with Gasteiger partial charge in [0, 0.05) is 0 Å². The van der Waals surface area contributed by atoms with Crippen molar-refractivity contribution in [1.29, 1.82) is 0 Å². The minimum atomic E-state index is -0.520. The van der Waals surface area contributed by atoms with Crippen LogP contribution < -0.4 is 17.7 Å². The van der Waals surface area contributed by atoms with E-state index in [4.69, 9.17) is 0 Å². The third-order valence-electron chi connectivity index (χ3n) is 1.35. The molecule has 1 saturated heterocycles. The zero-order valence-electron chi connectivity index (χ0n) is 4.74. The molecule has 1 rings (SSSR count). The van der Waals surface area contributed by atoms with Gasteiger partial charge >= 0.3 is 0 Å². The highest BCUT2D eigenvalue weighted by atomic mass is 35.5. The summed E-state index contributed by atoms with van der Waals surface area (Å²) in [5.41, 5.74) is 0. The predicted molar refractivity (Wildman–Crippen MR) is 25.8 cm³/mol. The van der Waals surface area contributed by atoms with Gasteiger partial charge in [-0.25, -0.2) is 4.39 Å². The summed E-state index contributed by atoms with van der Waals surface area (Å²) in [4.78, 5) is 0. The van der Waals surface area contributed by atoms with Crippen molar-refractivity contribution in [3.05, 3.63) is 0 Å². The lowest BCUT2D eigenvalue weighted by atomic mass is 10.1. The van der Waals surface area contributed by atoms with Crippen LogP contribution in [0.15, 0.2) is 0 Å². The van der Waals surface area contributed by atoms with Crippen LogP contribution in [0.1, 0.15) is 12.8 Å². The van der Waals surface area contributed by atoms with E-state index < -0.39 is 6.17 Å². The summed E-state index contributed by atoms with van der Waals surface area (Å²) in [5, 5.41) is 2.04. The molecule has 0 spiro atoms. The number of piperidine rings is 1. The van der Waals surface area contributed by atoms with E-state index in [9.17, 15) is 4.39 Å². The number of hydrogen-bond donors (Lipinski definition) is 1. The van der Waals surface area contributed by atoms with Crippen LogP contribution in [0.5, 0.6) is 0 Å². The van der Waals surface area contributed by atoms with Gasteiger partial charge in [0.25, 0.3) is 0 Å². The van der Waals surface area contributed by atoms with Crippen LogP contribution in [0.25, 0.3) is 0 Å². The average Bonchev–Trinajstić information content (AvgIpc) is 1.69. The SMILES string of the molecule is FC1CCC[NH2+]C1.[Cl-]. The number of halogens is 2. The molecule has 3 heteroatoms. The zero-order chi connectivity index (χ0) is 5.11. The van der Waals surface area contributed by atoms with Gasteiger partial charge in [-0.3, -0.25) is 0 Å². The Kier molecular flexibility index (Phi) is 4.19. The molecule has 0 radical (unpaired) electrons. The van der Waals surface area contributed by atoms with Gasteiger partial charge < -0.3 is 17.7 Å². The van der Waals surface area contributed by atoms with Gasteiger partial charge in [-0.1, -0.05) is 0 Å². The summed E-state index contributed by atoms with van der Waals surface area (Å²) < 4.78 is 12.2. The molecule has 0 aliphatic carbocycles. The van der Waals surface area contributed by atoms with Crippen LogP contribution in [0.3, 0.4) is 0 Å². The molecule has 0 amide bonds. The highest BCUT2D eigenvalue weighted by Crippen LogP contribution is 1.99. The van der Waals surface area contributed by atoms with Crippen LogP contribution in [-0.4, -0.2) is 19.3 Å². The maximum atomic E-state index is 12.2. The van der Waals surface area contributed by atoms with Crippen molar-refractivity contribution in [3.63, 3.8) is 0 Å². The van der Waals surface area contributed by atoms with Crippen molar-refractivity contribution in [2.24, 2.45) is 0 Å². The summed E-state index contributed by atoms with van der Waals surface area (Å²) in [7, 11) is 0. The molecule has 1 aliphatic rings. The normalized spacial score (nSPS) is 28.9. The number of alkyl halides is 1. The molecule has 0 saturated carbocycles. The summed E-state index contributed by atoms with van der Waals surface area (Å²) >= 11 is 0. The Morgan fingerprint density at radius 3 is 2.50 bits per heavy atom. The van der Waals surface area contributed by atoms with Gasteiger partial charge in [-0.15, -0.1) is 0 Å². The maximum Gasteiger partial charge on any atom is 0.149 e. The van der Waals surface area contributed by atoms with Crippen LogP contribution in [-0.2, 0) is 0 Å². The lowest BCUT2D eigenvalue weighted by Gasteiger charge is -2.11. The Labute approximate surface area is 55.1 Å². The minimum absolute atomic E-state index is 0. The van der Waals surface area contributed by atoms with E-state index in [0.29, 0.717) is 6.54 Å². The minimum Gasteiger partial charge on any atom is -1.00 e. The zero-order valence-corrected chi connectivity index (χ0v) is 5.49. The van der Waals surface area contributed by atoms with E-state index in [1.165, 1.54) is 0 Å². The molecule has 0 aromatic rings. The Hall–Kier alpha value is 0.180. The molecule has 8 heavy (non-hydrogen) atoms. The second-order valence-electron chi connectivity index (χ2n) is 2.05. The third-order valence-corrected chi connectivity index (χ3v) is 1.35. The molecular formula is C5H11ClFN. The van der Waals surface area contributed by atoms with Gasteiger partial charge in [-0.2, -0.15) is 0 Å². The van der Waals surface area contributed by atoms with Crippen molar-refractivity contribution in [2.75, 3.05) is 13.1 Å². The molecule has 1 unspecified atom stereocenters. The lowest BCUT2D eigenvalue weighted by Crippen LogP contribution is -3.00. The number of nitrogens with two attached hydrogens (primary N) is 1. The Morgan fingerprint density at radius 2 is 2.25 bits per heavy atom. The highest BCUT2D eigenvalue weighted by molar-refractivity contribution is 4.54. The molecular weight excluding hydrogens is 129 g/mol. The number of rotatable bonds is 0. The molecule has 1 fully saturated rings. The molecule has 50 valence electrons. The third kappa shape index (κ3) is 2.48. The second-order valence-corrected chi connectivity index (χ2v) is 2.05. The molecule has 1 heterocycles. The molecule has 1 atom stereocenters.